The third kappa shape index (κ3) is 3.49. The maximum atomic E-state index is 12.5. The highest BCUT2D eigenvalue weighted by Crippen LogP contribution is 2.29. The highest BCUT2D eigenvalue weighted by atomic mass is 19.4. The predicted molar refractivity (Wildman–Crippen MR) is 65.0 cm³/mol. The molecule has 1 saturated heterocycles. The molecular weight excluding hydrogens is 287 g/mol. The number of amides is 1. The summed E-state index contributed by atoms with van der Waals surface area (Å²) in [5, 5.41) is 9.12. The maximum absolute atomic E-state index is 12.5. The number of pyridine rings is 1. The number of alkyl halides is 3. The number of hydrogen-bond acceptors (Lipinski definition) is 4. The van der Waals surface area contributed by atoms with Crippen LogP contribution in [-0.4, -0.2) is 42.1 Å². The first-order valence-electron chi connectivity index (χ1n) is 6.23. The molecule has 5 nitrogen and oxygen atoms in total. The number of hydrogen-bond donors (Lipinski definition) is 0. The fourth-order valence-corrected chi connectivity index (χ4v) is 1.96. The summed E-state index contributed by atoms with van der Waals surface area (Å²) in [7, 11) is 0. The van der Waals surface area contributed by atoms with Crippen molar-refractivity contribution in [3.8, 4) is 6.07 Å². The molecule has 0 N–H and O–H groups in total. The fourth-order valence-electron chi connectivity index (χ4n) is 1.96. The number of nitriles is 1. The quantitative estimate of drug-likeness (QED) is 0.831. The molecule has 0 aliphatic carbocycles. The topological polar surface area (TPSA) is 66.2 Å². The van der Waals surface area contributed by atoms with E-state index in [9.17, 15) is 18.0 Å². The van der Waals surface area contributed by atoms with E-state index in [0.29, 0.717) is 32.5 Å². The Morgan fingerprint density at radius 2 is 2.05 bits per heavy atom. The Morgan fingerprint density at radius 3 is 2.52 bits per heavy atom. The van der Waals surface area contributed by atoms with E-state index in [1.807, 2.05) is 0 Å². The predicted octanol–water partition coefficient (Wildman–Crippen LogP) is 1.57. The van der Waals surface area contributed by atoms with Crippen molar-refractivity contribution in [2.75, 3.05) is 26.3 Å². The molecule has 1 atom stereocenters. The Labute approximate surface area is 118 Å². The number of carbonyl (C=O) groups is 1. The Kier molecular flexibility index (Phi) is 4.43. The van der Waals surface area contributed by atoms with Crippen molar-refractivity contribution >= 4 is 5.91 Å². The molecule has 1 aliphatic heterocycles. The highest BCUT2D eigenvalue weighted by Gasteiger charge is 2.32. The van der Waals surface area contributed by atoms with Crippen LogP contribution >= 0.6 is 0 Å². The van der Waals surface area contributed by atoms with Crippen LogP contribution < -0.4 is 0 Å². The molecule has 1 aromatic heterocycles. The molecule has 0 bridgehead atoms. The van der Waals surface area contributed by atoms with Gasteiger partial charge in [0.15, 0.2) is 5.92 Å². The van der Waals surface area contributed by atoms with Crippen LogP contribution in [0.15, 0.2) is 18.3 Å². The Morgan fingerprint density at radius 1 is 1.38 bits per heavy atom. The first-order valence-corrected chi connectivity index (χ1v) is 6.23. The van der Waals surface area contributed by atoms with Crippen LogP contribution in [0.25, 0.3) is 0 Å². The number of morpholine rings is 1. The van der Waals surface area contributed by atoms with Crippen LogP contribution in [0, 0.1) is 11.3 Å². The minimum Gasteiger partial charge on any atom is -0.378 e. The van der Waals surface area contributed by atoms with E-state index in [1.165, 1.54) is 4.90 Å². The fraction of sp³-hybridized carbons (Fsp3) is 0.462. The summed E-state index contributed by atoms with van der Waals surface area (Å²) in [5.41, 5.74) is -0.899. The molecular formula is C13H12F3N3O2. The van der Waals surface area contributed by atoms with Gasteiger partial charge in [0.05, 0.1) is 30.5 Å². The first kappa shape index (κ1) is 15.3. The minimum atomic E-state index is -4.50. The molecule has 0 spiro atoms. The smallest absolute Gasteiger partial charge is 0.378 e. The largest absolute Gasteiger partial charge is 0.417 e. The Balaban J connectivity index is 2.17. The summed E-state index contributed by atoms with van der Waals surface area (Å²) in [5.74, 6) is -1.67. The van der Waals surface area contributed by atoms with Crippen LogP contribution in [0.1, 0.15) is 17.2 Å². The number of rotatable bonds is 2. The van der Waals surface area contributed by atoms with Gasteiger partial charge in [0.1, 0.15) is 0 Å². The molecule has 1 amide bonds. The second-order valence-corrected chi connectivity index (χ2v) is 4.47. The monoisotopic (exact) mass is 299 g/mol. The number of carbonyl (C=O) groups excluding carboxylic acids is 1. The van der Waals surface area contributed by atoms with Gasteiger partial charge in [-0.25, -0.2) is 0 Å². The summed E-state index contributed by atoms with van der Waals surface area (Å²) >= 11 is 0. The lowest BCUT2D eigenvalue weighted by Crippen LogP contribution is -2.43. The van der Waals surface area contributed by atoms with Crippen molar-refractivity contribution in [1.82, 2.24) is 9.88 Å². The maximum Gasteiger partial charge on any atom is 0.417 e. The summed E-state index contributed by atoms with van der Waals surface area (Å²) in [6.07, 6.45) is -3.87. The number of ether oxygens (including phenoxy) is 1. The van der Waals surface area contributed by atoms with E-state index >= 15 is 0 Å². The van der Waals surface area contributed by atoms with Gasteiger partial charge in [-0.3, -0.25) is 9.78 Å². The van der Waals surface area contributed by atoms with Gasteiger partial charge in [-0.15, -0.1) is 0 Å². The number of aromatic nitrogens is 1. The van der Waals surface area contributed by atoms with E-state index in [4.69, 9.17) is 10.00 Å². The van der Waals surface area contributed by atoms with Crippen LogP contribution in [0.2, 0.25) is 0 Å². The summed E-state index contributed by atoms with van der Waals surface area (Å²) in [4.78, 5) is 17.3. The molecule has 0 radical (unpaired) electrons. The molecule has 0 aromatic carbocycles. The van der Waals surface area contributed by atoms with Gasteiger partial charge in [0.25, 0.3) is 0 Å². The minimum absolute atomic E-state index is 0.0157. The second kappa shape index (κ2) is 6.10. The third-order valence-electron chi connectivity index (χ3n) is 3.11. The lowest BCUT2D eigenvalue weighted by Gasteiger charge is -2.28. The normalized spacial score (nSPS) is 17.1. The third-order valence-corrected chi connectivity index (χ3v) is 3.11. The van der Waals surface area contributed by atoms with Crippen molar-refractivity contribution in [3.63, 3.8) is 0 Å². The average molecular weight is 299 g/mol. The zero-order valence-corrected chi connectivity index (χ0v) is 10.9. The molecule has 1 unspecified atom stereocenters. The van der Waals surface area contributed by atoms with E-state index in [1.54, 1.807) is 6.07 Å². The lowest BCUT2D eigenvalue weighted by molar-refractivity contribution is -0.137. The molecule has 112 valence electrons. The number of halogens is 3. The van der Waals surface area contributed by atoms with Gasteiger partial charge >= 0.3 is 6.18 Å². The van der Waals surface area contributed by atoms with Crippen molar-refractivity contribution in [2.45, 2.75) is 12.1 Å². The molecule has 8 heteroatoms. The molecule has 1 aliphatic rings. The van der Waals surface area contributed by atoms with Crippen LogP contribution in [-0.2, 0) is 15.7 Å². The van der Waals surface area contributed by atoms with Gasteiger partial charge in [0, 0.05) is 19.3 Å². The average Bonchev–Trinajstić information content (AvgIpc) is 2.48. The van der Waals surface area contributed by atoms with Crippen molar-refractivity contribution in [1.29, 1.82) is 5.26 Å². The van der Waals surface area contributed by atoms with Crippen molar-refractivity contribution < 1.29 is 22.7 Å². The standard InChI is InChI=1S/C13H12F3N3O2/c14-13(15,16)9-1-2-11(18-8-9)10(7-17)12(20)19-3-5-21-6-4-19/h1-2,8,10H,3-6H2. The highest BCUT2D eigenvalue weighted by molar-refractivity contribution is 5.86. The summed E-state index contributed by atoms with van der Waals surface area (Å²) in [6, 6.07) is 3.68. The van der Waals surface area contributed by atoms with Crippen molar-refractivity contribution in [2.24, 2.45) is 0 Å². The summed E-state index contributed by atoms with van der Waals surface area (Å²) < 4.78 is 42.5. The van der Waals surface area contributed by atoms with Gasteiger partial charge in [-0.05, 0) is 12.1 Å². The molecule has 21 heavy (non-hydrogen) atoms. The Bertz CT molecular complexity index is 545. The van der Waals surface area contributed by atoms with E-state index in [2.05, 4.69) is 4.98 Å². The number of nitrogens with zero attached hydrogens (tertiary/aromatic N) is 3. The Hall–Kier alpha value is -2.14. The first-order chi connectivity index (χ1) is 9.93. The van der Waals surface area contributed by atoms with Crippen LogP contribution in [0.5, 0.6) is 0 Å². The molecule has 1 aromatic rings. The van der Waals surface area contributed by atoms with E-state index in [-0.39, 0.29) is 5.69 Å². The zero-order valence-electron chi connectivity index (χ0n) is 10.9. The second-order valence-electron chi connectivity index (χ2n) is 4.47. The van der Waals surface area contributed by atoms with E-state index in [0.717, 1.165) is 12.1 Å². The molecule has 1 fully saturated rings. The lowest BCUT2D eigenvalue weighted by atomic mass is 10.0. The van der Waals surface area contributed by atoms with Crippen LogP contribution in [0.4, 0.5) is 13.2 Å². The molecule has 2 rings (SSSR count). The SMILES string of the molecule is N#CC(C(=O)N1CCOCC1)c1ccc(C(F)(F)F)cn1. The molecule has 2 heterocycles. The van der Waals surface area contributed by atoms with Gasteiger partial charge in [-0.2, -0.15) is 18.4 Å². The zero-order chi connectivity index (χ0) is 15.5. The van der Waals surface area contributed by atoms with Crippen molar-refractivity contribution in [3.05, 3.63) is 29.6 Å². The van der Waals surface area contributed by atoms with Crippen LogP contribution in [0.3, 0.4) is 0 Å². The molecule has 0 saturated carbocycles. The van der Waals surface area contributed by atoms with Gasteiger partial charge in [0.2, 0.25) is 5.91 Å². The van der Waals surface area contributed by atoms with Gasteiger partial charge < -0.3 is 9.64 Å². The summed E-state index contributed by atoms with van der Waals surface area (Å²) in [6.45, 7) is 1.48. The van der Waals surface area contributed by atoms with Gasteiger partial charge in [-0.1, -0.05) is 0 Å². The van der Waals surface area contributed by atoms with E-state index < -0.39 is 23.6 Å².